The summed E-state index contributed by atoms with van der Waals surface area (Å²) < 4.78 is 24.6. The summed E-state index contributed by atoms with van der Waals surface area (Å²) in [5, 5.41) is 18.6. The minimum Gasteiger partial charge on any atom is -0.468 e. The minimum atomic E-state index is -1.04. The monoisotopic (exact) mass is 992 g/mol. The van der Waals surface area contributed by atoms with Crippen molar-refractivity contribution in [3.8, 4) is 22.5 Å². The number of piperazine rings is 1. The van der Waals surface area contributed by atoms with Gasteiger partial charge in [0.15, 0.2) is 0 Å². The fourth-order valence-corrected chi connectivity index (χ4v) is 10.5. The van der Waals surface area contributed by atoms with Gasteiger partial charge in [0.05, 0.1) is 52.7 Å². The van der Waals surface area contributed by atoms with Crippen LogP contribution in [0.15, 0.2) is 60.1 Å². The molecule has 2 fully saturated rings. The molecular formula is C53H68N8O9S. The van der Waals surface area contributed by atoms with Gasteiger partial charge in [0.25, 0.3) is 5.91 Å². The fraction of sp³-hybridized carbons (Fsp3) is 0.509. The van der Waals surface area contributed by atoms with Crippen LogP contribution in [0.3, 0.4) is 0 Å². The number of esters is 1. The molecule has 380 valence electrons. The number of aliphatic hydroxyl groups excluding tert-OH is 1. The Kier molecular flexibility index (Phi) is 15.7. The van der Waals surface area contributed by atoms with Crippen LogP contribution in [0.2, 0.25) is 0 Å². The molecule has 0 bridgehead atoms. The lowest BCUT2D eigenvalue weighted by Gasteiger charge is -2.35. The maximum atomic E-state index is 14.2. The molecule has 3 aliphatic heterocycles. The van der Waals surface area contributed by atoms with Gasteiger partial charge in [-0.3, -0.25) is 19.6 Å². The Labute approximate surface area is 419 Å². The quantitative estimate of drug-likeness (QED) is 0.0688. The number of nitrogens with one attached hydrogen (secondary N) is 2. The number of aryl methyl sites for hydroxylation is 2. The Morgan fingerprint density at radius 2 is 1.73 bits per heavy atom. The first kappa shape index (κ1) is 51.3. The smallest absolute Gasteiger partial charge is 0.410 e. The van der Waals surface area contributed by atoms with Crippen molar-refractivity contribution in [3.05, 3.63) is 87.5 Å². The first-order valence-electron chi connectivity index (χ1n) is 24.6. The highest BCUT2D eigenvalue weighted by atomic mass is 32.1. The molecule has 3 amide bonds. The molecule has 18 heteroatoms. The number of rotatable bonds is 15. The number of ether oxygens (including phenoxy) is 4. The number of aliphatic hydroxyl groups is 1. The van der Waals surface area contributed by atoms with E-state index in [4.69, 9.17) is 28.9 Å². The van der Waals surface area contributed by atoms with Gasteiger partial charge in [0, 0.05) is 81.3 Å². The normalized spacial score (nSPS) is 17.2. The summed E-state index contributed by atoms with van der Waals surface area (Å²) in [5.41, 5.74) is 11.5. The summed E-state index contributed by atoms with van der Waals surface area (Å²) >= 11 is 1.41. The lowest BCUT2D eigenvalue weighted by atomic mass is 9.84. The van der Waals surface area contributed by atoms with Crippen LogP contribution in [0.4, 0.5) is 15.3 Å². The van der Waals surface area contributed by atoms with E-state index in [1.807, 2.05) is 48.8 Å². The Hall–Kier alpha value is -6.08. The van der Waals surface area contributed by atoms with E-state index in [-0.39, 0.29) is 31.8 Å². The third kappa shape index (κ3) is 11.8. The topological polar surface area (TPSA) is 190 Å². The van der Waals surface area contributed by atoms with Crippen molar-refractivity contribution >= 4 is 52.0 Å². The van der Waals surface area contributed by atoms with Crippen molar-refractivity contribution < 1.29 is 43.2 Å². The van der Waals surface area contributed by atoms with Gasteiger partial charge in [0.1, 0.15) is 24.3 Å². The number of hydrogen-bond acceptors (Lipinski definition) is 14. The number of anilines is 1. The second-order valence-corrected chi connectivity index (χ2v) is 21.4. The second-order valence-electron chi connectivity index (χ2n) is 20.5. The molecule has 17 nitrogen and oxygen atoms in total. The maximum absolute atomic E-state index is 14.2. The Balaban J connectivity index is 1.13. The number of benzene rings is 2. The number of carbonyl (C=O) groups excluding carboxylic acids is 4. The number of pyridine rings is 1. The van der Waals surface area contributed by atoms with Crippen molar-refractivity contribution in [1.29, 1.82) is 0 Å². The zero-order valence-corrected chi connectivity index (χ0v) is 43.0. The van der Waals surface area contributed by atoms with E-state index < -0.39 is 41.1 Å². The van der Waals surface area contributed by atoms with Gasteiger partial charge in [-0.05, 0) is 100 Å². The van der Waals surface area contributed by atoms with Crippen LogP contribution in [-0.2, 0) is 61.0 Å². The van der Waals surface area contributed by atoms with Crippen LogP contribution < -0.4 is 15.6 Å². The van der Waals surface area contributed by atoms with Crippen LogP contribution in [0.25, 0.3) is 33.4 Å². The highest BCUT2D eigenvalue weighted by Crippen LogP contribution is 2.45. The molecular weight excluding hydrogens is 925 g/mol. The molecule has 5 aromatic rings. The first-order chi connectivity index (χ1) is 33.9. The SMILES string of the molecule is COC(=O)[C@@H]1CCCN(C(=O)[C@H](Cc2nc(-c3cc4c5c(c3)c(CC(C)(C)CO)c(-c3cc(N6CCN(C(=O)OCc7ccccc7)CC6)cnc3[C@H](C)OC)n5CCC4)cs2)NC(=O)OC(C)(C)C)N1. The number of alkyl carbamates (subject to hydrolysis) is 1. The van der Waals surface area contributed by atoms with Gasteiger partial charge in [-0.25, -0.2) is 20.0 Å². The summed E-state index contributed by atoms with van der Waals surface area (Å²) in [6, 6.07) is 14.6. The number of methoxy groups -OCH3 is 2. The van der Waals surface area contributed by atoms with Gasteiger partial charge in [-0.1, -0.05) is 44.2 Å². The molecule has 3 aliphatic rings. The zero-order valence-electron chi connectivity index (χ0n) is 42.2. The molecule has 0 aliphatic carbocycles. The Bertz CT molecular complexity index is 2720. The molecule has 6 heterocycles. The standard InChI is InChI=1S/C53H68N8O9S/c1-33(67-7)45-39(26-37(29-54-45)58-20-22-59(23-21-58)51(66)69-30-34-14-10-9-11-15-34)47-40(28-53(5,6)32-62)38-25-36(24-35-16-12-18-60(47)46(35)38)43-31-71-44(55-43)27-42(56-50(65)70-52(2,3)4)48(63)61-19-13-17-41(57-61)49(64)68-8/h9-11,14-15,24-26,29,31,33,41-42,57,62H,12-13,16-23,27-28,30,32H2,1-8H3,(H,56,65)/t33-,41-,42-/m0/s1. The van der Waals surface area contributed by atoms with Crippen molar-refractivity contribution in [1.82, 2.24) is 35.2 Å². The van der Waals surface area contributed by atoms with Crippen molar-refractivity contribution in [2.24, 2.45) is 5.41 Å². The average molecular weight is 993 g/mol. The summed E-state index contributed by atoms with van der Waals surface area (Å²) in [5.74, 6) is -0.884. The molecule has 0 spiro atoms. The maximum Gasteiger partial charge on any atom is 0.410 e. The summed E-state index contributed by atoms with van der Waals surface area (Å²) in [4.78, 5) is 67.1. The van der Waals surface area contributed by atoms with E-state index in [0.717, 1.165) is 75.3 Å². The van der Waals surface area contributed by atoms with Crippen LogP contribution in [0.1, 0.15) is 94.3 Å². The number of amides is 3. The van der Waals surface area contributed by atoms with Crippen molar-refractivity contribution in [3.63, 3.8) is 0 Å². The lowest BCUT2D eigenvalue weighted by molar-refractivity contribution is -0.150. The summed E-state index contributed by atoms with van der Waals surface area (Å²) in [6.07, 6.45) is 4.03. The predicted octanol–water partition coefficient (Wildman–Crippen LogP) is 7.60. The van der Waals surface area contributed by atoms with Crippen molar-refractivity contribution in [2.75, 3.05) is 58.5 Å². The molecule has 0 radical (unpaired) electrons. The van der Waals surface area contributed by atoms with Crippen LogP contribution in [-0.4, -0.2) is 125 Å². The van der Waals surface area contributed by atoms with E-state index in [1.165, 1.54) is 29.0 Å². The number of hydrogen-bond donors (Lipinski definition) is 3. The van der Waals surface area contributed by atoms with E-state index >= 15 is 0 Å². The van der Waals surface area contributed by atoms with E-state index in [0.29, 0.717) is 57.0 Å². The Morgan fingerprint density at radius 1 is 0.972 bits per heavy atom. The third-order valence-electron chi connectivity index (χ3n) is 13.4. The number of carbonyl (C=O) groups is 4. The van der Waals surface area contributed by atoms with Gasteiger partial charge in [0.2, 0.25) is 0 Å². The Morgan fingerprint density at radius 3 is 2.44 bits per heavy atom. The van der Waals surface area contributed by atoms with Gasteiger partial charge >= 0.3 is 18.2 Å². The molecule has 71 heavy (non-hydrogen) atoms. The zero-order chi connectivity index (χ0) is 50.6. The van der Waals surface area contributed by atoms with Crippen LogP contribution >= 0.6 is 11.3 Å². The number of thiazole rings is 1. The highest BCUT2D eigenvalue weighted by molar-refractivity contribution is 7.10. The van der Waals surface area contributed by atoms with E-state index in [2.05, 4.69) is 52.3 Å². The molecule has 0 saturated carbocycles. The van der Waals surface area contributed by atoms with E-state index in [1.54, 1.807) is 32.8 Å². The van der Waals surface area contributed by atoms with Gasteiger partial charge in [-0.15, -0.1) is 11.3 Å². The van der Waals surface area contributed by atoms with Gasteiger partial charge in [-0.2, -0.15) is 0 Å². The second kappa shape index (κ2) is 21.7. The molecule has 3 atom stereocenters. The van der Waals surface area contributed by atoms with Crippen molar-refractivity contribution in [2.45, 2.75) is 117 Å². The lowest BCUT2D eigenvalue weighted by Crippen LogP contribution is -2.60. The van der Waals surface area contributed by atoms with Crippen LogP contribution in [0, 0.1) is 5.41 Å². The number of nitrogens with zero attached hydrogens (tertiary/aromatic N) is 6. The molecule has 3 N–H and O–H groups in total. The van der Waals surface area contributed by atoms with E-state index in [9.17, 15) is 24.3 Å². The molecule has 2 saturated heterocycles. The number of hydrazine groups is 1. The first-order valence-corrected chi connectivity index (χ1v) is 25.5. The van der Waals surface area contributed by atoms with Crippen LogP contribution in [0.5, 0.6) is 0 Å². The third-order valence-corrected chi connectivity index (χ3v) is 14.3. The molecule has 2 aromatic carbocycles. The highest BCUT2D eigenvalue weighted by Gasteiger charge is 2.36. The number of aromatic nitrogens is 3. The minimum absolute atomic E-state index is 0.0215. The fourth-order valence-electron chi connectivity index (χ4n) is 9.68. The predicted molar refractivity (Wildman–Crippen MR) is 272 cm³/mol. The molecule has 3 aromatic heterocycles. The average Bonchev–Trinajstić information content (AvgIpc) is 3.96. The largest absolute Gasteiger partial charge is 0.468 e. The molecule has 8 rings (SSSR count). The molecule has 0 unspecified atom stereocenters. The summed E-state index contributed by atoms with van der Waals surface area (Å²) in [6.45, 7) is 15.0. The summed E-state index contributed by atoms with van der Waals surface area (Å²) in [7, 11) is 3.00. The van der Waals surface area contributed by atoms with Gasteiger partial charge < -0.3 is 43.7 Å².